The molecule has 0 aliphatic carbocycles. The highest BCUT2D eigenvalue weighted by molar-refractivity contribution is 5.74. The summed E-state index contributed by atoms with van der Waals surface area (Å²) >= 11 is 0. The van der Waals surface area contributed by atoms with Crippen LogP contribution in [0.3, 0.4) is 0 Å². The Morgan fingerprint density at radius 2 is 2.29 bits per heavy atom. The second kappa shape index (κ2) is 6.77. The van der Waals surface area contributed by atoms with Gasteiger partial charge in [-0.3, -0.25) is 9.69 Å². The Bertz CT molecular complexity index is 278. The molecule has 0 aromatic rings. The van der Waals surface area contributed by atoms with Gasteiger partial charge in [0.15, 0.2) is 0 Å². The molecule has 17 heavy (non-hydrogen) atoms. The lowest BCUT2D eigenvalue weighted by molar-refractivity contribution is -0.142. The van der Waals surface area contributed by atoms with Crippen molar-refractivity contribution in [3.63, 3.8) is 0 Å². The number of likely N-dealkylation sites (tertiary alicyclic amines) is 1. The van der Waals surface area contributed by atoms with Gasteiger partial charge in [0.05, 0.1) is 6.10 Å². The van der Waals surface area contributed by atoms with Gasteiger partial charge in [-0.15, -0.1) is 0 Å². The van der Waals surface area contributed by atoms with Gasteiger partial charge in [0.25, 0.3) is 0 Å². The average molecular weight is 241 g/mol. The van der Waals surface area contributed by atoms with Crippen LogP contribution in [0.15, 0.2) is 12.2 Å². The first-order valence-electron chi connectivity index (χ1n) is 6.36. The van der Waals surface area contributed by atoms with Crippen LogP contribution >= 0.6 is 0 Å². The Balaban J connectivity index is 2.58. The second-order valence-corrected chi connectivity index (χ2v) is 4.77. The number of hydrogen-bond donors (Lipinski definition) is 2. The number of allylic oxidation sites excluding steroid dienone is 1. The van der Waals surface area contributed by atoms with Gasteiger partial charge in [-0.05, 0) is 25.7 Å². The van der Waals surface area contributed by atoms with E-state index >= 15 is 0 Å². The maximum atomic E-state index is 11.2. The van der Waals surface area contributed by atoms with Gasteiger partial charge in [0.1, 0.15) is 6.04 Å². The fourth-order valence-corrected chi connectivity index (χ4v) is 2.50. The predicted molar refractivity (Wildman–Crippen MR) is 66.8 cm³/mol. The first-order chi connectivity index (χ1) is 8.08. The molecule has 0 aromatic carbocycles. The average Bonchev–Trinajstić information content (AvgIpc) is 2.62. The lowest BCUT2D eigenvalue weighted by Crippen LogP contribution is -2.40. The van der Waals surface area contributed by atoms with Crippen molar-refractivity contribution in [2.24, 2.45) is 5.92 Å². The van der Waals surface area contributed by atoms with E-state index in [1.807, 2.05) is 24.8 Å². The van der Waals surface area contributed by atoms with E-state index in [2.05, 4.69) is 6.08 Å². The van der Waals surface area contributed by atoms with Crippen molar-refractivity contribution in [2.75, 3.05) is 13.1 Å². The van der Waals surface area contributed by atoms with Gasteiger partial charge in [0.2, 0.25) is 0 Å². The smallest absolute Gasteiger partial charge is 0.320 e. The van der Waals surface area contributed by atoms with Crippen LogP contribution in [0.5, 0.6) is 0 Å². The Kier molecular flexibility index (Phi) is 5.65. The summed E-state index contributed by atoms with van der Waals surface area (Å²) in [6.45, 7) is 5.18. The molecule has 0 radical (unpaired) electrons. The Hall–Kier alpha value is -0.870. The van der Waals surface area contributed by atoms with Crippen LogP contribution in [0.25, 0.3) is 0 Å². The summed E-state index contributed by atoms with van der Waals surface area (Å²) in [5, 5.41) is 18.9. The molecular weight excluding hydrogens is 218 g/mol. The highest BCUT2D eigenvalue weighted by Gasteiger charge is 2.36. The molecule has 0 saturated carbocycles. The van der Waals surface area contributed by atoms with Gasteiger partial charge in [-0.2, -0.15) is 0 Å². The van der Waals surface area contributed by atoms with Crippen molar-refractivity contribution in [3.8, 4) is 0 Å². The van der Waals surface area contributed by atoms with Gasteiger partial charge >= 0.3 is 5.97 Å². The summed E-state index contributed by atoms with van der Waals surface area (Å²) in [7, 11) is 0. The molecule has 3 atom stereocenters. The van der Waals surface area contributed by atoms with Gasteiger partial charge in [0, 0.05) is 13.1 Å². The first-order valence-corrected chi connectivity index (χ1v) is 6.36. The van der Waals surface area contributed by atoms with Crippen molar-refractivity contribution >= 4 is 5.97 Å². The molecule has 4 nitrogen and oxygen atoms in total. The third-order valence-corrected chi connectivity index (χ3v) is 3.25. The molecule has 1 rings (SSSR count). The maximum absolute atomic E-state index is 11.2. The molecule has 0 bridgehead atoms. The number of carbonyl (C=O) groups is 1. The van der Waals surface area contributed by atoms with E-state index in [0.29, 0.717) is 18.9 Å². The molecule has 1 heterocycles. The predicted octanol–water partition coefficient (Wildman–Crippen LogP) is 1.50. The number of carboxylic acid groups (broad SMARTS) is 1. The first kappa shape index (κ1) is 14.2. The van der Waals surface area contributed by atoms with E-state index < -0.39 is 18.1 Å². The topological polar surface area (TPSA) is 60.8 Å². The number of carboxylic acids is 1. The zero-order valence-corrected chi connectivity index (χ0v) is 10.7. The molecule has 1 saturated heterocycles. The van der Waals surface area contributed by atoms with Crippen molar-refractivity contribution in [1.82, 2.24) is 4.90 Å². The Morgan fingerprint density at radius 3 is 2.82 bits per heavy atom. The van der Waals surface area contributed by atoms with E-state index in [1.165, 1.54) is 0 Å². The van der Waals surface area contributed by atoms with Crippen molar-refractivity contribution in [3.05, 3.63) is 12.2 Å². The lowest BCUT2D eigenvalue weighted by atomic mass is 10.1. The minimum atomic E-state index is -0.777. The lowest BCUT2D eigenvalue weighted by Gasteiger charge is -2.23. The molecule has 1 aliphatic rings. The monoisotopic (exact) mass is 241 g/mol. The summed E-state index contributed by atoms with van der Waals surface area (Å²) < 4.78 is 0. The molecule has 4 heteroatoms. The van der Waals surface area contributed by atoms with E-state index in [-0.39, 0.29) is 0 Å². The fourth-order valence-electron chi connectivity index (χ4n) is 2.50. The van der Waals surface area contributed by atoms with Gasteiger partial charge < -0.3 is 10.2 Å². The van der Waals surface area contributed by atoms with Crippen molar-refractivity contribution < 1.29 is 15.0 Å². The van der Waals surface area contributed by atoms with Crippen LogP contribution in [0.1, 0.15) is 33.1 Å². The van der Waals surface area contributed by atoms with Crippen LogP contribution in [-0.2, 0) is 4.79 Å². The summed E-state index contributed by atoms with van der Waals surface area (Å²) in [6, 6.07) is -0.442. The number of aliphatic carboxylic acids is 1. The molecule has 2 N–H and O–H groups in total. The van der Waals surface area contributed by atoms with Crippen LogP contribution in [0.2, 0.25) is 0 Å². The number of aliphatic hydroxyl groups is 1. The quantitative estimate of drug-likeness (QED) is 0.692. The van der Waals surface area contributed by atoms with Crippen molar-refractivity contribution in [1.29, 1.82) is 0 Å². The molecule has 0 spiro atoms. The number of hydrogen-bond acceptors (Lipinski definition) is 3. The van der Waals surface area contributed by atoms with E-state index in [1.54, 1.807) is 0 Å². The molecule has 98 valence electrons. The van der Waals surface area contributed by atoms with Gasteiger partial charge in [-0.25, -0.2) is 0 Å². The highest BCUT2D eigenvalue weighted by Crippen LogP contribution is 2.25. The summed E-state index contributed by atoms with van der Waals surface area (Å²) in [5.41, 5.74) is 0. The Morgan fingerprint density at radius 1 is 1.59 bits per heavy atom. The van der Waals surface area contributed by atoms with Gasteiger partial charge in [-0.1, -0.05) is 25.5 Å². The van der Waals surface area contributed by atoms with E-state index in [4.69, 9.17) is 5.11 Å². The van der Waals surface area contributed by atoms with Crippen molar-refractivity contribution in [2.45, 2.75) is 45.3 Å². The zero-order valence-electron chi connectivity index (χ0n) is 10.7. The fraction of sp³-hybridized carbons (Fsp3) is 0.769. The van der Waals surface area contributed by atoms with E-state index in [0.717, 1.165) is 19.4 Å². The highest BCUT2D eigenvalue weighted by atomic mass is 16.4. The second-order valence-electron chi connectivity index (χ2n) is 4.77. The SMILES string of the molecule is CC=C[C@@H]1C[C@H](C(=O)O)N(CC(O)CCC)C1. The van der Waals surface area contributed by atoms with Crippen LogP contribution < -0.4 is 0 Å². The zero-order chi connectivity index (χ0) is 12.8. The number of β-amino-alcohol motifs (C(OH)–C–C–N with tert-alkyl or cyclic N) is 1. The minimum absolute atomic E-state index is 0.301. The standard InChI is InChI=1S/C13H23NO3/c1-3-5-10-7-12(13(16)17)14(8-10)9-11(15)6-4-2/h3,5,10-12,15H,4,6-9H2,1-2H3,(H,16,17)/t10-,11?,12-/m1/s1. The number of nitrogens with zero attached hydrogens (tertiary/aromatic N) is 1. The molecule has 0 aromatic heterocycles. The maximum Gasteiger partial charge on any atom is 0.320 e. The van der Waals surface area contributed by atoms with E-state index in [9.17, 15) is 9.90 Å². The summed E-state index contributed by atoms with van der Waals surface area (Å²) in [6.07, 6.45) is 5.92. The normalized spacial score (nSPS) is 27.7. The third-order valence-electron chi connectivity index (χ3n) is 3.25. The molecular formula is C13H23NO3. The van der Waals surface area contributed by atoms with Crippen LogP contribution in [0, 0.1) is 5.92 Å². The Labute approximate surface area is 103 Å². The summed E-state index contributed by atoms with van der Waals surface area (Å²) in [5.74, 6) is -0.476. The molecule has 1 fully saturated rings. The minimum Gasteiger partial charge on any atom is -0.480 e. The molecule has 1 aliphatic heterocycles. The third kappa shape index (κ3) is 4.13. The van der Waals surface area contributed by atoms with Crippen LogP contribution in [0.4, 0.5) is 0 Å². The van der Waals surface area contributed by atoms with Crippen LogP contribution in [-0.4, -0.2) is 46.3 Å². The number of rotatable bonds is 6. The molecule has 1 unspecified atom stereocenters. The number of aliphatic hydroxyl groups excluding tert-OH is 1. The summed E-state index contributed by atoms with van der Waals surface area (Å²) in [4.78, 5) is 13.0. The largest absolute Gasteiger partial charge is 0.480 e. The molecule has 0 amide bonds.